The third-order valence-corrected chi connectivity index (χ3v) is 2.97. The van der Waals surface area contributed by atoms with Crippen molar-refractivity contribution in [2.24, 2.45) is 5.92 Å². The normalized spacial score (nSPS) is 28.5. The summed E-state index contributed by atoms with van der Waals surface area (Å²) in [5.74, 6) is 0.942. The number of hydrogen-bond acceptors (Lipinski definition) is 1. The predicted octanol–water partition coefficient (Wildman–Crippen LogP) is 2.91. The van der Waals surface area contributed by atoms with Crippen LogP contribution < -0.4 is 0 Å². The first-order valence-corrected chi connectivity index (χ1v) is 5.25. The van der Waals surface area contributed by atoms with Gasteiger partial charge in [-0.05, 0) is 59.0 Å². The van der Waals surface area contributed by atoms with E-state index in [4.69, 9.17) is 0 Å². The van der Waals surface area contributed by atoms with Gasteiger partial charge in [0.25, 0.3) is 0 Å². The van der Waals surface area contributed by atoms with E-state index in [1.54, 1.807) is 0 Å². The van der Waals surface area contributed by atoms with E-state index in [-0.39, 0.29) is 0 Å². The highest BCUT2D eigenvalue weighted by molar-refractivity contribution is 4.78. The van der Waals surface area contributed by atoms with Gasteiger partial charge in [0.05, 0.1) is 0 Å². The SMILES string of the molecule is C[C@@H]1CCCN(C(C)(C)C)CC1. The Hall–Kier alpha value is -0.0400. The van der Waals surface area contributed by atoms with Crippen LogP contribution in [-0.4, -0.2) is 23.5 Å². The Morgan fingerprint density at radius 3 is 2.33 bits per heavy atom. The molecule has 0 radical (unpaired) electrons. The monoisotopic (exact) mass is 169 g/mol. The van der Waals surface area contributed by atoms with Crippen molar-refractivity contribution < 1.29 is 0 Å². The largest absolute Gasteiger partial charge is 0.298 e. The zero-order valence-electron chi connectivity index (χ0n) is 9.06. The third-order valence-electron chi connectivity index (χ3n) is 2.97. The van der Waals surface area contributed by atoms with Gasteiger partial charge in [0.2, 0.25) is 0 Å². The van der Waals surface area contributed by atoms with Crippen LogP contribution in [0, 0.1) is 5.92 Å². The maximum atomic E-state index is 2.62. The van der Waals surface area contributed by atoms with Crippen LogP contribution in [0.5, 0.6) is 0 Å². The number of likely N-dealkylation sites (tertiary alicyclic amines) is 1. The van der Waals surface area contributed by atoms with Gasteiger partial charge in [-0.1, -0.05) is 6.92 Å². The average Bonchev–Trinajstić information content (AvgIpc) is 2.11. The maximum absolute atomic E-state index is 2.62. The van der Waals surface area contributed by atoms with Crippen molar-refractivity contribution in [3.05, 3.63) is 0 Å². The molecule has 1 heterocycles. The molecular formula is C11H23N. The quantitative estimate of drug-likeness (QED) is 0.539. The van der Waals surface area contributed by atoms with Crippen molar-refractivity contribution in [1.29, 1.82) is 0 Å². The number of nitrogens with zero attached hydrogens (tertiary/aromatic N) is 1. The van der Waals surface area contributed by atoms with Crippen molar-refractivity contribution in [3.8, 4) is 0 Å². The van der Waals surface area contributed by atoms with Gasteiger partial charge < -0.3 is 0 Å². The molecule has 0 aliphatic carbocycles. The van der Waals surface area contributed by atoms with Crippen LogP contribution in [-0.2, 0) is 0 Å². The molecular weight excluding hydrogens is 146 g/mol. The summed E-state index contributed by atoms with van der Waals surface area (Å²) in [6.07, 6.45) is 4.20. The Kier molecular flexibility index (Phi) is 3.16. The van der Waals surface area contributed by atoms with Crippen LogP contribution in [0.25, 0.3) is 0 Å². The summed E-state index contributed by atoms with van der Waals surface area (Å²) in [6.45, 7) is 11.9. The molecule has 0 aromatic heterocycles. The fraction of sp³-hybridized carbons (Fsp3) is 1.00. The van der Waals surface area contributed by atoms with E-state index in [0.717, 1.165) is 5.92 Å². The Bertz CT molecular complexity index is 134. The molecule has 1 rings (SSSR count). The Morgan fingerprint density at radius 2 is 1.75 bits per heavy atom. The standard InChI is InChI=1S/C11H23N/c1-10-6-5-8-12(9-7-10)11(2,3)4/h10H,5-9H2,1-4H3/t10-/m1/s1. The molecule has 1 atom stereocenters. The van der Waals surface area contributed by atoms with Crippen molar-refractivity contribution >= 4 is 0 Å². The summed E-state index contributed by atoms with van der Waals surface area (Å²) in [7, 11) is 0. The fourth-order valence-electron chi connectivity index (χ4n) is 1.93. The van der Waals surface area contributed by atoms with Gasteiger partial charge in [0, 0.05) is 5.54 Å². The molecule has 72 valence electrons. The second-order valence-corrected chi connectivity index (χ2v) is 5.19. The minimum absolute atomic E-state index is 0.379. The first kappa shape index (κ1) is 10.0. The van der Waals surface area contributed by atoms with Gasteiger partial charge in [0.1, 0.15) is 0 Å². The van der Waals surface area contributed by atoms with Crippen molar-refractivity contribution in [3.63, 3.8) is 0 Å². The van der Waals surface area contributed by atoms with Gasteiger partial charge >= 0.3 is 0 Å². The third kappa shape index (κ3) is 2.78. The maximum Gasteiger partial charge on any atom is 0.0125 e. The first-order valence-electron chi connectivity index (χ1n) is 5.25. The summed E-state index contributed by atoms with van der Waals surface area (Å²) >= 11 is 0. The van der Waals surface area contributed by atoms with Crippen molar-refractivity contribution in [2.75, 3.05) is 13.1 Å². The highest BCUT2D eigenvalue weighted by Gasteiger charge is 2.23. The minimum atomic E-state index is 0.379. The molecule has 1 heteroatoms. The molecule has 0 saturated carbocycles. The van der Waals surface area contributed by atoms with Crippen LogP contribution in [0.15, 0.2) is 0 Å². The van der Waals surface area contributed by atoms with Crippen LogP contribution in [0.3, 0.4) is 0 Å². The molecule has 0 spiro atoms. The molecule has 0 aromatic rings. The van der Waals surface area contributed by atoms with Crippen LogP contribution in [0.4, 0.5) is 0 Å². The van der Waals surface area contributed by atoms with E-state index in [0.29, 0.717) is 5.54 Å². The summed E-state index contributed by atoms with van der Waals surface area (Å²) in [5, 5.41) is 0. The van der Waals surface area contributed by atoms with Crippen molar-refractivity contribution in [2.45, 2.75) is 52.5 Å². The van der Waals surface area contributed by atoms with Gasteiger partial charge in [-0.25, -0.2) is 0 Å². The number of hydrogen-bond donors (Lipinski definition) is 0. The van der Waals surface area contributed by atoms with Gasteiger partial charge in [-0.2, -0.15) is 0 Å². The molecule has 0 unspecified atom stereocenters. The Labute approximate surface area is 77.1 Å². The van der Waals surface area contributed by atoms with E-state index < -0.39 is 0 Å². The lowest BCUT2D eigenvalue weighted by Crippen LogP contribution is -2.41. The molecule has 1 nitrogen and oxygen atoms in total. The van der Waals surface area contributed by atoms with E-state index >= 15 is 0 Å². The average molecular weight is 169 g/mol. The summed E-state index contributed by atoms with van der Waals surface area (Å²) in [6, 6.07) is 0. The predicted molar refractivity (Wildman–Crippen MR) is 54.3 cm³/mol. The van der Waals surface area contributed by atoms with Gasteiger partial charge in [-0.15, -0.1) is 0 Å². The zero-order valence-corrected chi connectivity index (χ0v) is 9.06. The lowest BCUT2D eigenvalue weighted by Gasteiger charge is -2.34. The van der Waals surface area contributed by atoms with Gasteiger partial charge in [0.15, 0.2) is 0 Å². The van der Waals surface area contributed by atoms with Crippen LogP contribution in [0.2, 0.25) is 0 Å². The lowest BCUT2D eigenvalue weighted by atomic mass is 10.0. The molecule has 0 amide bonds. The molecule has 1 fully saturated rings. The van der Waals surface area contributed by atoms with Crippen LogP contribution in [0.1, 0.15) is 47.0 Å². The number of rotatable bonds is 0. The summed E-state index contributed by atoms with van der Waals surface area (Å²) < 4.78 is 0. The molecule has 0 N–H and O–H groups in total. The second-order valence-electron chi connectivity index (χ2n) is 5.19. The second kappa shape index (κ2) is 3.78. The molecule has 1 saturated heterocycles. The zero-order chi connectivity index (χ0) is 9.19. The Morgan fingerprint density at radius 1 is 1.08 bits per heavy atom. The van der Waals surface area contributed by atoms with E-state index in [1.165, 1.54) is 32.4 Å². The van der Waals surface area contributed by atoms with E-state index in [9.17, 15) is 0 Å². The fourth-order valence-corrected chi connectivity index (χ4v) is 1.93. The molecule has 12 heavy (non-hydrogen) atoms. The smallest absolute Gasteiger partial charge is 0.0125 e. The van der Waals surface area contributed by atoms with E-state index in [1.807, 2.05) is 0 Å². The summed E-state index contributed by atoms with van der Waals surface area (Å²) in [4.78, 5) is 2.62. The van der Waals surface area contributed by atoms with Crippen molar-refractivity contribution in [1.82, 2.24) is 4.90 Å². The topological polar surface area (TPSA) is 3.24 Å². The van der Waals surface area contributed by atoms with Gasteiger partial charge in [-0.3, -0.25) is 4.90 Å². The first-order chi connectivity index (χ1) is 5.50. The molecule has 1 aliphatic heterocycles. The molecule has 1 aliphatic rings. The van der Waals surface area contributed by atoms with Crippen LogP contribution >= 0.6 is 0 Å². The van der Waals surface area contributed by atoms with E-state index in [2.05, 4.69) is 32.6 Å². The molecule has 0 bridgehead atoms. The summed E-state index contributed by atoms with van der Waals surface area (Å²) in [5.41, 5.74) is 0.379. The minimum Gasteiger partial charge on any atom is -0.298 e. The lowest BCUT2D eigenvalue weighted by molar-refractivity contribution is 0.141. The molecule has 0 aromatic carbocycles. The highest BCUT2D eigenvalue weighted by Crippen LogP contribution is 2.22. The Balaban J connectivity index is 2.46. The highest BCUT2D eigenvalue weighted by atomic mass is 15.2.